The minimum Gasteiger partial charge on any atom is -0.493 e. The number of nitrogens with zero attached hydrogens (tertiary/aromatic N) is 2. The van der Waals surface area contributed by atoms with Gasteiger partial charge in [-0.05, 0) is 54.6 Å². The lowest BCUT2D eigenvalue weighted by Crippen LogP contribution is -2.39. The highest BCUT2D eigenvalue weighted by molar-refractivity contribution is 7.11. The minimum atomic E-state index is -0.796. The second-order valence-electron chi connectivity index (χ2n) is 7.55. The number of ether oxygens (including phenoxy) is 3. The van der Waals surface area contributed by atoms with E-state index in [9.17, 15) is 14.4 Å². The summed E-state index contributed by atoms with van der Waals surface area (Å²) in [5.41, 5.74) is 2.10. The van der Waals surface area contributed by atoms with Crippen LogP contribution < -0.4 is 24.4 Å². The van der Waals surface area contributed by atoms with Crippen molar-refractivity contribution >= 4 is 40.7 Å². The summed E-state index contributed by atoms with van der Waals surface area (Å²) < 4.78 is 17.7. The average molecular weight is 499 g/mol. The summed E-state index contributed by atoms with van der Waals surface area (Å²) in [6.45, 7) is 4.99. The lowest BCUT2D eigenvalue weighted by molar-refractivity contribution is -0.136. The fourth-order valence-corrected chi connectivity index (χ4v) is 5.71. The normalized spacial score (nSPS) is 15.6. The van der Waals surface area contributed by atoms with E-state index in [1.165, 1.54) is 37.0 Å². The summed E-state index contributed by atoms with van der Waals surface area (Å²) in [6.07, 6.45) is 1.85. The lowest BCUT2D eigenvalue weighted by Gasteiger charge is -2.25. The molecule has 1 aromatic carbocycles. The summed E-state index contributed by atoms with van der Waals surface area (Å²) in [5.74, 6) is -0.547. The van der Waals surface area contributed by atoms with Gasteiger partial charge in [-0.25, -0.2) is 9.79 Å². The van der Waals surface area contributed by atoms with E-state index in [0.717, 1.165) is 10.4 Å². The first-order valence-corrected chi connectivity index (χ1v) is 12.0. The van der Waals surface area contributed by atoms with Crippen molar-refractivity contribution in [3.8, 4) is 11.5 Å². The Labute approximate surface area is 203 Å². The highest BCUT2D eigenvalue weighted by Gasteiger charge is 2.33. The van der Waals surface area contributed by atoms with Crippen LogP contribution in [0.15, 0.2) is 50.7 Å². The molecule has 1 unspecified atom stereocenters. The number of thiophene rings is 1. The van der Waals surface area contributed by atoms with Crippen LogP contribution in [0.5, 0.6) is 11.5 Å². The molecule has 176 valence electrons. The summed E-state index contributed by atoms with van der Waals surface area (Å²) in [6, 6.07) is 6.10. The summed E-state index contributed by atoms with van der Waals surface area (Å²) in [4.78, 5) is 43.8. The highest BCUT2D eigenvalue weighted by Crippen LogP contribution is 2.36. The molecule has 10 heteroatoms. The van der Waals surface area contributed by atoms with E-state index < -0.39 is 18.0 Å². The van der Waals surface area contributed by atoms with Crippen molar-refractivity contribution in [2.75, 3.05) is 14.2 Å². The first kappa shape index (κ1) is 23.7. The number of esters is 2. The number of fused-ring (bicyclic) bond motifs is 1. The molecule has 34 heavy (non-hydrogen) atoms. The minimum absolute atomic E-state index is 0.236. The Kier molecular flexibility index (Phi) is 6.54. The van der Waals surface area contributed by atoms with Gasteiger partial charge >= 0.3 is 11.9 Å². The number of aromatic nitrogens is 1. The van der Waals surface area contributed by atoms with Gasteiger partial charge in [0.15, 0.2) is 16.3 Å². The number of hydrogen-bond donors (Lipinski definition) is 0. The molecule has 3 heterocycles. The number of allylic oxidation sites excluding steroid dienone is 1. The topological polar surface area (TPSA) is 96.2 Å². The Morgan fingerprint density at radius 3 is 2.53 bits per heavy atom. The molecule has 0 N–H and O–H groups in total. The third-order valence-corrected chi connectivity index (χ3v) is 7.30. The van der Waals surface area contributed by atoms with Crippen molar-refractivity contribution in [3.63, 3.8) is 0 Å². The van der Waals surface area contributed by atoms with E-state index in [4.69, 9.17) is 14.2 Å². The molecule has 2 aromatic heterocycles. The van der Waals surface area contributed by atoms with Crippen LogP contribution in [0.4, 0.5) is 0 Å². The molecule has 0 radical (unpaired) electrons. The average Bonchev–Trinajstić information content (AvgIpc) is 3.34. The molecular formula is C24H22N2O6S2. The Morgan fingerprint density at radius 1 is 1.15 bits per heavy atom. The molecule has 0 fully saturated rings. The van der Waals surface area contributed by atoms with Gasteiger partial charge in [0.05, 0.1) is 36.1 Å². The van der Waals surface area contributed by atoms with Gasteiger partial charge in [0.1, 0.15) is 0 Å². The molecule has 3 aromatic rings. The van der Waals surface area contributed by atoms with Crippen molar-refractivity contribution < 1.29 is 23.8 Å². The van der Waals surface area contributed by atoms with Gasteiger partial charge in [0.25, 0.3) is 5.56 Å². The van der Waals surface area contributed by atoms with Crippen molar-refractivity contribution in [1.29, 1.82) is 0 Å². The molecule has 0 amide bonds. The number of thiazole rings is 1. The molecule has 0 saturated heterocycles. The van der Waals surface area contributed by atoms with Crippen LogP contribution in [-0.4, -0.2) is 30.7 Å². The molecule has 1 atom stereocenters. The van der Waals surface area contributed by atoms with Gasteiger partial charge in [0, 0.05) is 11.8 Å². The van der Waals surface area contributed by atoms with Gasteiger partial charge in [-0.2, -0.15) is 0 Å². The monoisotopic (exact) mass is 498 g/mol. The predicted molar refractivity (Wildman–Crippen MR) is 129 cm³/mol. The molecular weight excluding hydrogens is 476 g/mol. The maximum absolute atomic E-state index is 13.6. The maximum Gasteiger partial charge on any atom is 0.338 e. The second-order valence-corrected chi connectivity index (χ2v) is 9.50. The van der Waals surface area contributed by atoms with Gasteiger partial charge < -0.3 is 14.2 Å². The SMILES string of the molecule is COC(=O)C1=C(C)N=c2s/c(=C/c3sccc3C)c(=O)n2C1c1ccc(OC(C)=O)c(OC)c1. The van der Waals surface area contributed by atoms with Crippen molar-refractivity contribution in [1.82, 2.24) is 4.57 Å². The van der Waals surface area contributed by atoms with E-state index in [0.29, 0.717) is 26.3 Å². The number of rotatable bonds is 5. The van der Waals surface area contributed by atoms with Crippen LogP contribution >= 0.6 is 22.7 Å². The fraction of sp³-hybridized carbons (Fsp3) is 0.250. The third kappa shape index (κ3) is 4.22. The fourth-order valence-electron chi connectivity index (χ4n) is 3.75. The zero-order valence-electron chi connectivity index (χ0n) is 19.2. The largest absolute Gasteiger partial charge is 0.493 e. The number of benzene rings is 1. The van der Waals surface area contributed by atoms with E-state index in [-0.39, 0.29) is 16.9 Å². The number of hydrogen-bond acceptors (Lipinski definition) is 9. The second kappa shape index (κ2) is 9.40. The Balaban J connectivity index is 1.97. The van der Waals surface area contributed by atoms with Crippen molar-refractivity contribution in [2.24, 2.45) is 4.99 Å². The van der Waals surface area contributed by atoms with Crippen LogP contribution in [0.1, 0.15) is 35.9 Å². The molecule has 0 aliphatic carbocycles. The number of carbonyl (C=O) groups excluding carboxylic acids is 2. The predicted octanol–water partition coefficient (Wildman–Crippen LogP) is 2.71. The third-order valence-electron chi connectivity index (χ3n) is 5.35. The molecule has 0 spiro atoms. The molecule has 0 bridgehead atoms. The Morgan fingerprint density at radius 2 is 1.91 bits per heavy atom. The van der Waals surface area contributed by atoms with E-state index in [1.54, 1.807) is 36.5 Å². The standard InChI is InChI=1S/C24H22N2O6S2/c1-12-8-9-33-18(12)11-19-22(28)26-21(20(23(29)31-5)13(2)25-24(26)34-19)15-6-7-16(32-14(3)27)17(10-15)30-4/h6-11,21H,1-5H3/b19-11+. The maximum atomic E-state index is 13.6. The van der Waals surface area contributed by atoms with Gasteiger partial charge in [-0.15, -0.1) is 11.3 Å². The van der Waals surface area contributed by atoms with E-state index in [2.05, 4.69) is 4.99 Å². The Bertz CT molecular complexity index is 1510. The summed E-state index contributed by atoms with van der Waals surface area (Å²) in [5, 5.41) is 1.97. The van der Waals surface area contributed by atoms with Gasteiger partial charge in [-0.3, -0.25) is 14.2 Å². The summed E-state index contributed by atoms with van der Waals surface area (Å²) >= 11 is 2.81. The number of carbonyl (C=O) groups is 2. The van der Waals surface area contributed by atoms with Crippen LogP contribution in [0, 0.1) is 6.92 Å². The van der Waals surface area contributed by atoms with Crippen LogP contribution in [0.2, 0.25) is 0 Å². The van der Waals surface area contributed by atoms with E-state index >= 15 is 0 Å². The molecule has 1 aliphatic heterocycles. The van der Waals surface area contributed by atoms with Crippen molar-refractivity contribution in [2.45, 2.75) is 26.8 Å². The van der Waals surface area contributed by atoms with Gasteiger partial charge in [-0.1, -0.05) is 17.4 Å². The number of methoxy groups -OCH3 is 2. The smallest absolute Gasteiger partial charge is 0.338 e. The van der Waals surface area contributed by atoms with Gasteiger partial charge in [0.2, 0.25) is 0 Å². The molecule has 4 rings (SSSR count). The first-order valence-electron chi connectivity index (χ1n) is 10.3. The van der Waals surface area contributed by atoms with Crippen LogP contribution in [-0.2, 0) is 14.3 Å². The lowest BCUT2D eigenvalue weighted by atomic mass is 9.95. The number of aryl methyl sites for hydroxylation is 1. The van der Waals surface area contributed by atoms with E-state index in [1.807, 2.05) is 24.4 Å². The highest BCUT2D eigenvalue weighted by atomic mass is 32.1. The van der Waals surface area contributed by atoms with Crippen LogP contribution in [0.3, 0.4) is 0 Å². The van der Waals surface area contributed by atoms with Crippen LogP contribution in [0.25, 0.3) is 6.08 Å². The zero-order chi connectivity index (χ0) is 24.6. The first-order chi connectivity index (χ1) is 16.2. The quantitative estimate of drug-likeness (QED) is 0.397. The summed E-state index contributed by atoms with van der Waals surface area (Å²) in [7, 11) is 2.73. The molecule has 8 nitrogen and oxygen atoms in total. The zero-order valence-corrected chi connectivity index (χ0v) is 20.8. The molecule has 1 aliphatic rings. The van der Waals surface area contributed by atoms with Crippen molar-refractivity contribution in [3.05, 3.63) is 76.6 Å². The molecule has 0 saturated carbocycles. The Hall–Kier alpha value is -3.50.